The Bertz CT molecular complexity index is 579. The highest BCUT2D eigenvalue weighted by molar-refractivity contribution is 5.81. The lowest BCUT2D eigenvalue weighted by atomic mass is 9.97. The summed E-state index contributed by atoms with van der Waals surface area (Å²) in [5.41, 5.74) is 0.0345. The van der Waals surface area contributed by atoms with Crippen LogP contribution >= 0.6 is 0 Å². The highest BCUT2D eigenvalue weighted by Crippen LogP contribution is 2.40. The van der Waals surface area contributed by atoms with Crippen molar-refractivity contribution >= 4 is 11.7 Å². The highest BCUT2D eigenvalue weighted by atomic mass is 19.3. The van der Waals surface area contributed by atoms with E-state index in [9.17, 15) is 22.4 Å². The number of hydrogen-bond acceptors (Lipinski definition) is 4. The van der Waals surface area contributed by atoms with Gasteiger partial charge in [0.25, 0.3) is 5.92 Å². The molecule has 0 bridgehead atoms. The van der Waals surface area contributed by atoms with Gasteiger partial charge in [-0.3, -0.25) is 0 Å². The highest BCUT2D eigenvalue weighted by Gasteiger charge is 2.45. The van der Waals surface area contributed by atoms with Crippen LogP contribution in [0.5, 0.6) is 5.75 Å². The summed E-state index contributed by atoms with van der Waals surface area (Å²) >= 11 is 0. The molecule has 1 aromatic rings. The van der Waals surface area contributed by atoms with Gasteiger partial charge in [-0.2, -0.15) is 4.39 Å². The summed E-state index contributed by atoms with van der Waals surface area (Å²) in [7, 11) is 2.21. The summed E-state index contributed by atoms with van der Waals surface area (Å²) in [4.78, 5) is 13.0. The molecule has 0 aromatic heterocycles. The molecule has 1 heterocycles. The Morgan fingerprint density at radius 3 is 2.59 bits per heavy atom. The predicted molar refractivity (Wildman–Crippen MR) is 70.2 cm³/mol. The molecule has 1 unspecified atom stereocenters. The van der Waals surface area contributed by atoms with Gasteiger partial charge in [-0.15, -0.1) is 0 Å². The Kier molecular flexibility index (Phi) is 4.48. The Morgan fingerprint density at radius 1 is 1.32 bits per heavy atom. The van der Waals surface area contributed by atoms with Gasteiger partial charge in [0, 0.05) is 19.4 Å². The van der Waals surface area contributed by atoms with E-state index in [4.69, 9.17) is 4.74 Å². The van der Waals surface area contributed by atoms with Crippen LogP contribution in [-0.4, -0.2) is 38.7 Å². The van der Waals surface area contributed by atoms with Gasteiger partial charge in [-0.25, -0.2) is 18.0 Å². The van der Waals surface area contributed by atoms with Gasteiger partial charge >= 0.3 is 5.97 Å². The number of halogens is 4. The van der Waals surface area contributed by atoms with E-state index in [-0.39, 0.29) is 12.2 Å². The zero-order valence-corrected chi connectivity index (χ0v) is 12.0. The number of alkyl halides is 2. The zero-order chi connectivity index (χ0) is 16.5. The number of ether oxygens (including phenoxy) is 2. The van der Waals surface area contributed by atoms with Crippen LogP contribution < -0.4 is 9.64 Å². The van der Waals surface area contributed by atoms with E-state index in [0.29, 0.717) is 0 Å². The molecule has 0 spiro atoms. The molecule has 22 heavy (non-hydrogen) atoms. The molecule has 2 rings (SSSR count). The summed E-state index contributed by atoms with van der Waals surface area (Å²) in [5, 5.41) is 0. The Morgan fingerprint density at radius 2 is 2.00 bits per heavy atom. The van der Waals surface area contributed by atoms with Gasteiger partial charge in [0.2, 0.25) is 5.82 Å². The first-order valence-electron chi connectivity index (χ1n) is 6.55. The zero-order valence-electron chi connectivity index (χ0n) is 12.0. The van der Waals surface area contributed by atoms with E-state index in [1.807, 2.05) is 0 Å². The molecule has 1 aliphatic rings. The molecule has 4 nitrogen and oxygen atoms in total. The molecule has 0 aliphatic carbocycles. The SMILES string of the molecule is COC(=O)C1CC(F)(F)CCN1c1ccc(F)c(F)c1OC. The fourth-order valence-corrected chi connectivity index (χ4v) is 2.51. The summed E-state index contributed by atoms with van der Waals surface area (Å²) in [6.45, 7) is -0.214. The minimum Gasteiger partial charge on any atom is -0.491 e. The van der Waals surface area contributed by atoms with Crippen molar-refractivity contribution < 1.29 is 31.8 Å². The normalized spacial score (nSPS) is 20.6. The minimum absolute atomic E-state index is 0.0345. The van der Waals surface area contributed by atoms with Gasteiger partial charge < -0.3 is 14.4 Å². The number of rotatable bonds is 3. The Hall–Kier alpha value is -1.99. The van der Waals surface area contributed by atoms with Crippen molar-refractivity contribution in [2.45, 2.75) is 24.8 Å². The molecule has 1 saturated heterocycles. The van der Waals surface area contributed by atoms with E-state index >= 15 is 0 Å². The molecule has 8 heteroatoms. The number of benzene rings is 1. The number of nitrogens with zero attached hydrogens (tertiary/aromatic N) is 1. The van der Waals surface area contributed by atoms with Crippen LogP contribution in [0.1, 0.15) is 12.8 Å². The molecule has 1 fully saturated rings. The van der Waals surface area contributed by atoms with Crippen molar-refractivity contribution in [3.63, 3.8) is 0 Å². The average Bonchev–Trinajstić information content (AvgIpc) is 2.48. The van der Waals surface area contributed by atoms with Crippen molar-refractivity contribution in [1.29, 1.82) is 0 Å². The number of hydrogen-bond donors (Lipinski definition) is 0. The Labute approximate surface area is 124 Å². The van der Waals surface area contributed by atoms with Crippen molar-refractivity contribution in [3.05, 3.63) is 23.8 Å². The van der Waals surface area contributed by atoms with Crippen LogP contribution in [0.25, 0.3) is 0 Å². The first-order valence-corrected chi connectivity index (χ1v) is 6.55. The van der Waals surface area contributed by atoms with Gasteiger partial charge in [-0.05, 0) is 12.1 Å². The van der Waals surface area contributed by atoms with Crippen LogP contribution in [0.2, 0.25) is 0 Å². The summed E-state index contributed by atoms with van der Waals surface area (Å²) in [5.74, 6) is -6.69. The standard InChI is InChI=1S/C14H15F4NO3/c1-21-12-9(4-3-8(15)11(12)16)19-6-5-14(17,18)7-10(19)13(20)22-2/h3-4,10H,5-7H2,1-2H3. The number of anilines is 1. The fourth-order valence-electron chi connectivity index (χ4n) is 2.51. The van der Waals surface area contributed by atoms with Gasteiger partial charge in [0.15, 0.2) is 11.6 Å². The summed E-state index contributed by atoms with van der Waals surface area (Å²) < 4.78 is 63.6. The fraction of sp³-hybridized carbons (Fsp3) is 0.500. The Balaban J connectivity index is 2.45. The van der Waals surface area contributed by atoms with Crippen LogP contribution in [0.3, 0.4) is 0 Å². The smallest absolute Gasteiger partial charge is 0.328 e. The second-order valence-electron chi connectivity index (χ2n) is 4.96. The van der Waals surface area contributed by atoms with Gasteiger partial charge in [-0.1, -0.05) is 0 Å². The lowest BCUT2D eigenvalue weighted by Gasteiger charge is -2.39. The first-order chi connectivity index (χ1) is 10.3. The molecule has 1 atom stereocenters. The maximum absolute atomic E-state index is 13.8. The lowest BCUT2D eigenvalue weighted by Crippen LogP contribution is -2.51. The largest absolute Gasteiger partial charge is 0.491 e. The monoisotopic (exact) mass is 321 g/mol. The third kappa shape index (κ3) is 2.95. The van der Waals surface area contributed by atoms with Gasteiger partial charge in [0.05, 0.1) is 19.9 Å². The molecule has 122 valence electrons. The predicted octanol–water partition coefficient (Wildman–Crippen LogP) is 2.75. The molecule has 0 amide bonds. The molecular weight excluding hydrogens is 306 g/mol. The molecule has 0 saturated carbocycles. The second-order valence-corrected chi connectivity index (χ2v) is 4.96. The second kappa shape index (κ2) is 6.02. The molecule has 0 N–H and O–H groups in total. The van der Waals surface area contributed by atoms with Crippen LogP contribution in [0.15, 0.2) is 12.1 Å². The summed E-state index contributed by atoms with van der Waals surface area (Å²) in [6.07, 6.45) is -1.27. The van der Waals surface area contributed by atoms with Crippen molar-refractivity contribution in [2.75, 3.05) is 25.7 Å². The molecule has 1 aliphatic heterocycles. The number of carbonyl (C=O) groups is 1. The quantitative estimate of drug-likeness (QED) is 0.634. The number of carbonyl (C=O) groups excluding carboxylic acids is 1. The number of methoxy groups -OCH3 is 2. The minimum atomic E-state index is -3.03. The maximum Gasteiger partial charge on any atom is 0.328 e. The molecular formula is C14H15F4NO3. The third-order valence-electron chi connectivity index (χ3n) is 3.60. The van der Waals surface area contributed by atoms with Crippen LogP contribution in [0.4, 0.5) is 23.2 Å². The van der Waals surface area contributed by atoms with E-state index in [1.54, 1.807) is 0 Å². The number of esters is 1. The molecule has 0 radical (unpaired) electrons. The van der Waals surface area contributed by atoms with E-state index < -0.39 is 48.2 Å². The van der Waals surface area contributed by atoms with Crippen LogP contribution in [-0.2, 0) is 9.53 Å². The van der Waals surface area contributed by atoms with Crippen molar-refractivity contribution in [3.8, 4) is 5.75 Å². The van der Waals surface area contributed by atoms with E-state index in [1.165, 1.54) is 11.0 Å². The van der Waals surface area contributed by atoms with Crippen molar-refractivity contribution in [2.24, 2.45) is 0 Å². The number of piperidine rings is 1. The lowest BCUT2D eigenvalue weighted by molar-refractivity contribution is -0.146. The van der Waals surface area contributed by atoms with E-state index in [2.05, 4.69) is 4.74 Å². The third-order valence-corrected chi connectivity index (χ3v) is 3.60. The topological polar surface area (TPSA) is 38.8 Å². The summed E-state index contributed by atoms with van der Waals surface area (Å²) in [6, 6.07) is 0.748. The van der Waals surface area contributed by atoms with E-state index in [0.717, 1.165) is 20.3 Å². The van der Waals surface area contributed by atoms with Crippen LogP contribution in [0, 0.1) is 11.6 Å². The van der Waals surface area contributed by atoms with Crippen molar-refractivity contribution in [1.82, 2.24) is 0 Å². The molecule has 1 aromatic carbocycles. The average molecular weight is 321 g/mol. The van der Waals surface area contributed by atoms with Gasteiger partial charge in [0.1, 0.15) is 6.04 Å². The first kappa shape index (κ1) is 16.4. The maximum atomic E-state index is 13.8.